The molecule has 7 nitrogen and oxygen atoms in total. The van der Waals surface area contributed by atoms with Crippen molar-refractivity contribution in [1.29, 1.82) is 0 Å². The number of aryl methyl sites for hydroxylation is 1. The SMILES string of the molecule is Cc1ccc(C2=CCC(Cn3c4c(c(O)c(C(=O)NCC(=O)O)c3=O)CSC4)C=C2)cc1. The monoisotopic (exact) mass is 452 g/mol. The number of aromatic nitrogens is 1. The summed E-state index contributed by atoms with van der Waals surface area (Å²) in [5.41, 5.74) is 3.81. The quantitative estimate of drug-likeness (QED) is 0.622. The normalized spacial score (nSPS) is 17.0. The second kappa shape index (κ2) is 9.08. The third-order valence-electron chi connectivity index (χ3n) is 5.76. The van der Waals surface area contributed by atoms with Crippen LogP contribution in [0.25, 0.3) is 5.57 Å². The highest BCUT2D eigenvalue weighted by Gasteiger charge is 2.29. The van der Waals surface area contributed by atoms with Crippen molar-refractivity contribution in [2.45, 2.75) is 31.4 Å². The molecule has 1 aliphatic carbocycles. The van der Waals surface area contributed by atoms with E-state index in [2.05, 4.69) is 47.8 Å². The third kappa shape index (κ3) is 4.36. The molecule has 32 heavy (non-hydrogen) atoms. The lowest BCUT2D eigenvalue weighted by molar-refractivity contribution is -0.135. The van der Waals surface area contributed by atoms with Gasteiger partial charge in [-0.25, -0.2) is 0 Å². The van der Waals surface area contributed by atoms with Gasteiger partial charge in [0.1, 0.15) is 17.9 Å². The average molecular weight is 453 g/mol. The molecule has 1 amide bonds. The van der Waals surface area contributed by atoms with Gasteiger partial charge in [-0.1, -0.05) is 48.1 Å². The van der Waals surface area contributed by atoms with E-state index in [1.807, 2.05) is 6.92 Å². The van der Waals surface area contributed by atoms with Crippen LogP contribution in [0, 0.1) is 12.8 Å². The molecular formula is C24H24N2O5S. The molecule has 8 heteroatoms. The number of aliphatic carboxylic acids is 1. The number of nitrogens with one attached hydrogen (secondary N) is 1. The molecule has 2 heterocycles. The molecule has 1 aromatic carbocycles. The van der Waals surface area contributed by atoms with Crippen molar-refractivity contribution in [2.24, 2.45) is 5.92 Å². The molecule has 1 aliphatic heterocycles. The maximum absolute atomic E-state index is 13.2. The molecular weight excluding hydrogens is 428 g/mol. The topological polar surface area (TPSA) is 109 Å². The Hall–Kier alpha value is -3.26. The average Bonchev–Trinajstić information content (AvgIpc) is 3.26. The smallest absolute Gasteiger partial charge is 0.322 e. The second-order valence-electron chi connectivity index (χ2n) is 8.01. The number of hydrogen-bond donors (Lipinski definition) is 3. The summed E-state index contributed by atoms with van der Waals surface area (Å²) in [7, 11) is 0. The van der Waals surface area contributed by atoms with Crippen LogP contribution in [0.15, 0.2) is 47.3 Å². The van der Waals surface area contributed by atoms with Crippen molar-refractivity contribution < 1.29 is 19.8 Å². The summed E-state index contributed by atoms with van der Waals surface area (Å²) in [6.45, 7) is 1.81. The largest absolute Gasteiger partial charge is 0.507 e. The first-order chi connectivity index (χ1) is 15.3. The van der Waals surface area contributed by atoms with Crippen LogP contribution in [0.3, 0.4) is 0 Å². The van der Waals surface area contributed by atoms with E-state index in [0.717, 1.165) is 23.3 Å². The Morgan fingerprint density at radius 2 is 1.97 bits per heavy atom. The van der Waals surface area contributed by atoms with Crippen LogP contribution in [-0.4, -0.2) is 33.2 Å². The Morgan fingerprint density at radius 1 is 1.22 bits per heavy atom. The molecule has 0 spiro atoms. The van der Waals surface area contributed by atoms with Gasteiger partial charge >= 0.3 is 5.97 Å². The standard InChI is InChI=1S/C24H24N2O5S/c1-14-2-6-16(7-3-14)17-8-4-15(5-9-17)11-26-19-13-32-12-18(19)22(29)21(24(26)31)23(30)25-10-20(27)28/h2-4,6-9,15,29H,5,10-13H2,1H3,(H,25,30)(H,27,28). The van der Waals surface area contributed by atoms with Crippen LogP contribution in [0.2, 0.25) is 0 Å². The Bertz CT molecular complexity index is 1190. The van der Waals surface area contributed by atoms with Crippen LogP contribution in [-0.2, 0) is 22.8 Å². The summed E-state index contributed by atoms with van der Waals surface area (Å²) in [5, 5.41) is 21.6. The summed E-state index contributed by atoms with van der Waals surface area (Å²) < 4.78 is 1.57. The fourth-order valence-corrected chi connectivity index (χ4v) is 5.15. The fourth-order valence-electron chi connectivity index (χ4n) is 4.01. The van der Waals surface area contributed by atoms with Gasteiger partial charge in [0, 0.05) is 29.3 Å². The molecule has 0 saturated carbocycles. The van der Waals surface area contributed by atoms with Gasteiger partial charge in [0.2, 0.25) is 0 Å². The number of carbonyl (C=O) groups excluding carboxylic acids is 1. The van der Waals surface area contributed by atoms with Gasteiger partial charge in [-0.3, -0.25) is 14.4 Å². The van der Waals surface area contributed by atoms with Crippen LogP contribution < -0.4 is 10.9 Å². The number of hydrogen-bond acceptors (Lipinski definition) is 5. The zero-order chi connectivity index (χ0) is 22.8. The van der Waals surface area contributed by atoms with E-state index in [-0.39, 0.29) is 17.2 Å². The van der Waals surface area contributed by atoms with Gasteiger partial charge in [-0.05, 0) is 30.4 Å². The molecule has 0 fully saturated rings. The lowest BCUT2D eigenvalue weighted by Crippen LogP contribution is -2.37. The van der Waals surface area contributed by atoms with E-state index in [0.29, 0.717) is 23.6 Å². The number of carbonyl (C=O) groups is 2. The first kappa shape index (κ1) is 22.0. The minimum Gasteiger partial charge on any atom is -0.507 e. The van der Waals surface area contributed by atoms with Gasteiger partial charge in [0.05, 0.1) is 0 Å². The number of allylic oxidation sites excluding steroid dienone is 4. The highest BCUT2D eigenvalue weighted by Crippen LogP contribution is 2.37. The number of carboxylic acid groups (broad SMARTS) is 1. The van der Waals surface area contributed by atoms with Crippen molar-refractivity contribution in [2.75, 3.05) is 6.54 Å². The number of rotatable bonds is 6. The molecule has 0 saturated heterocycles. The zero-order valence-corrected chi connectivity index (χ0v) is 18.4. The minimum absolute atomic E-state index is 0.0658. The molecule has 0 bridgehead atoms. The number of benzene rings is 1. The highest BCUT2D eigenvalue weighted by atomic mass is 32.2. The number of carboxylic acids is 1. The Labute approximate surface area is 189 Å². The lowest BCUT2D eigenvalue weighted by Gasteiger charge is -2.21. The summed E-state index contributed by atoms with van der Waals surface area (Å²) in [6.07, 6.45) is 7.03. The maximum Gasteiger partial charge on any atom is 0.322 e. The Kier molecular flexibility index (Phi) is 6.23. The second-order valence-corrected chi connectivity index (χ2v) is 9.00. The molecule has 1 unspecified atom stereocenters. The molecule has 1 atom stereocenters. The van der Waals surface area contributed by atoms with Gasteiger partial charge in [-0.2, -0.15) is 11.8 Å². The number of aromatic hydroxyl groups is 1. The Morgan fingerprint density at radius 3 is 2.62 bits per heavy atom. The summed E-state index contributed by atoms with van der Waals surface area (Å²) in [5.74, 6) is -1.29. The van der Waals surface area contributed by atoms with Crippen molar-refractivity contribution in [3.8, 4) is 5.75 Å². The van der Waals surface area contributed by atoms with Gasteiger partial charge in [0.15, 0.2) is 0 Å². The summed E-state index contributed by atoms with van der Waals surface area (Å²) in [6, 6.07) is 8.32. The first-order valence-electron chi connectivity index (χ1n) is 10.4. The predicted molar refractivity (Wildman–Crippen MR) is 124 cm³/mol. The molecule has 2 aliphatic rings. The van der Waals surface area contributed by atoms with Gasteiger partial charge in [-0.15, -0.1) is 0 Å². The first-order valence-corrected chi connectivity index (χ1v) is 11.5. The van der Waals surface area contributed by atoms with Crippen LogP contribution in [0.4, 0.5) is 0 Å². The molecule has 3 N–H and O–H groups in total. The molecule has 2 aromatic rings. The van der Waals surface area contributed by atoms with E-state index in [1.54, 1.807) is 16.3 Å². The maximum atomic E-state index is 13.2. The summed E-state index contributed by atoms with van der Waals surface area (Å²) in [4.78, 5) is 36.4. The number of thioether (sulfide) groups is 1. The molecule has 4 rings (SSSR count). The van der Waals surface area contributed by atoms with Gasteiger partial charge in [0.25, 0.3) is 11.5 Å². The van der Waals surface area contributed by atoms with E-state index in [9.17, 15) is 19.5 Å². The highest BCUT2D eigenvalue weighted by molar-refractivity contribution is 7.98. The van der Waals surface area contributed by atoms with Crippen molar-refractivity contribution in [3.63, 3.8) is 0 Å². The van der Waals surface area contributed by atoms with Crippen molar-refractivity contribution >= 4 is 29.2 Å². The molecule has 0 radical (unpaired) electrons. The number of amides is 1. The van der Waals surface area contributed by atoms with Crippen LogP contribution in [0.5, 0.6) is 5.75 Å². The fraction of sp³-hybridized carbons (Fsp3) is 0.292. The van der Waals surface area contributed by atoms with Crippen molar-refractivity contribution in [3.05, 3.63) is 80.8 Å². The molecule has 1 aromatic heterocycles. The van der Waals surface area contributed by atoms with Gasteiger partial charge < -0.3 is 20.1 Å². The minimum atomic E-state index is -1.22. The van der Waals surface area contributed by atoms with Crippen molar-refractivity contribution in [1.82, 2.24) is 9.88 Å². The number of fused-ring (bicyclic) bond motifs is 1. The van der Waals surface area contributed by atoms with E-state index >= 15 is 0 Å². The van der Waals surface area contributed by atoms with Crippen LogP contribution in [0.1, 0.15) is 39.2 Å². The van der Waals surface area contributed by atoms with E-state index < -0.39 is 24.0 Å². The van der Waals surface area contributed by atoms with Crippen LogP contribution >= 0.6 is 11.8 Å². The molecule has 166 valence electrons. The number of nitrogens with zero attached hydrogens (tertiary/aromatic N) is 1. The third-order valence-corrected chi connectivity index (χ3v) is 6.73. The van der Waals surface area contributed by atoms with E-state index in [1.165, 1.54) is 5.56 Å². The lowest BCUT2D eigenvalue weighted by atomic mass is 9.92. The Balaban J connectivity index is 1.60. The zero-order valence-electron chi connectivity index (χ0n) is 17.6. The van der Waals surface area contributed by atoms with E-state index in [4.69, 9.17) is 5.11 Å². The summed E-state index contributed by atoms with van der Waals surface area (Å²) >= 11 is 1.56. The predicted octanol–water partition coefficient (Wildman–Crippen LogP) is 3.08. The number of pyridine rings is 1.